The van der Waals surface area contributed by atoms with Gasteiger partial charge in [0.2, 0.25) is 0 Å². The molecule has 2 aliphatic heterocycles. The van der Waals surface area contributed by atoms with Crippen molar-refractivity contribution in [2.45, 2.75) is 118 Å². The minimum Gasteiger partial charge on any atom is -0.872 e. The molecular weight excluding hydrogens is 568 g/mol. The number of aryl methyl sites for hydroxylation is 4. The second-order valence-corrected chi connectivity index (χ2v) is 11.6. The number of rotatable bonds is 5. The summed E-state index contributed by atoms with van der Waals surface area (Å²) in [6.07, 6.45) is 3.89. The standard InChI is InChI=1S/C26H36N2O2.2C3H7O.Zr/c1-17-11-19(3)25(29)21(13-17)15-27-9-5-7-23(27)24-8-6-10-28(24)16-22-14-18(2)12-20(4)26(22)30;2*1-3(2)4;/h11-14,23-24,29-30H,5-10,15-16H2,1-4H3;2*3H,1-2H3;/q;2*-1;+4/p-2/t23-,24-;;;/m1.../s1. The van der Waals surface area contributed by atoms with E-state index in [4.69, 9.17) is 0 Å². The number of hydrogen-bond donors (Lipinski definition) is 0. The molecule has 0 unspecified atom stereocenters. The van der Waals surface area contributed by atoms with Gasteiger partial charge in [0.15, 0.2) is 0 Å². The fourth-order valence-corrected chi connectivity index (χ4v) is 5.73. The minimum absolute atomic E-state index is 0. The Labute approximate surface area is 256 Å². The molecule has 0 aromatic heterocycles. The van der Waals surface area contributed by atoms with Crippen molar-refractivity contribution in [3.8, 4) is 11.5 Å². The van der Waals surface area contributed by atoms with Crippen LogP contribution in [0, 0.1) is 27.7 Å². The average molecular weight is 616 g/mol. The van der Waals surface area contributed by atoms with Crippen molar-refractivity contribution in [3.63, 3.8) is 0 Å². The average Bonchev–Trinajstić information content (AvgIpc) is 3.43. The van der Waals surface area contributed by atoms with Crippen molar-refractivity contribution in [2.24, 2.45) is 0 Å². The molecule has 39 heavy (non-hydrogen) atoms. The fraction of sp³-hybridized carbons (Fsp3) is 0.625. The minimum atomic E-state index is -0.417. The Morgan fingerprint density at radius 2 is 0.974 bits per heavy atom. The van der Waals surface area contributed by atoms with Gasteiger partial charge in [0.1, 0.15) is 0 Å². The van der Waals surface area contributed by atoms with Crippen LogP contribution in [0.3, 0.4) is 0 Å². The Kier molecular flexibility index (Phi) is 15.5. The van der Waals surface area contributed by atoms with E-state index in [1.54, 1.807) is 27.7 Å². The van der Waals surface area contributed by atoms with Crippen molar-refractivity contribution in [1.82, 2.24) is 9.80 Å². The van der Waals surface area contributed by atoms with Gasteiger partial charge in [0.25, 0.3) is 0 Å². The normalized spacial score (nSPS) is 19.4. The zero-order chi connectivity index (χ0) is 28.6. The maximum Gasteiger partial charge on any atom is 4.00 e. The van der Waals surface area contributed by atoms with E-state index >= 15 is 0 Å². The van der Waals surface area contributed by atoms with E-state index in [1.165, 1.54) is 25.7 Å². The SMILES string of the molecule is CC(C)[O-].CC(C)[O-].Cc1cc(C)c([O-])c(CN2CCC[C@@H]2[C@H]2CCCN2Cc2cc(C)cc(C)c2[O-])c1.[Zr+4]. The van der Waals surface area contributed by atoms with Crippen molar-refractivity contribution in [3.05, 3.63) is 57.6 Å². The summed E-state index contributed by atoms with van der Waals surface area (Å²) < 4.78 is 0. The first-order valence-electron chi connectivity index (χ1n) is 14.1. The Morgan fingerprint density at radius 1 is 0.667 bits per heavy atom. The molecule has 0 saturated carbocycles. The van der Waals surface area contributed by atoms with Gasteiger partial charge in [0, 0.05) is 25.2 Å². The van der Waals surface area contributed by atoms with Crippen LogP contribution in [0.25, 0.3) is 0 Å². The van der Waals surface area contributed by atoms with Gasteiger partial charge in [0.05, 0.1) is 0 Å². The quantitative estimate of drug-likeness (QED) is 0.513. The summed E-state index contributed by atoms with van der Waals surface area (Å²) >= 11 is 0. The van der Waals surface area contributed by atoms with Gasteiger partial charge in [-0.25, -0.2) is 0 Å². The summed E-state index contributed by atoms with van der Waals surface area (Å²) in [6, 6.07) is 9.03. The molecule has 0 spiro atoms. The van der Waals surface area contributed by atoms with E-state index in [2.05, 4.69) is 35.8 Å². The predicted molar refractivity (Wildman–Crippen MR) is 148 cm³/mol. The van der Waals surface area contributed by atoms with Gasteiger partial charge in [-0.15, -0.1) is 23.7 Å². The van der Waals surface area contributed by atoms with Crippen molar-refractivity contribution >= 4 is 0 Å². The first-order chi connectivity index (χ1) is 17.8. The van der Waals surface area contributed by atoms with Crippen molar-refractivity contribution < 1.29 is 46.6 Å². The van der Waals surface area contributed by atoms with Crippen LogP contribution in [0.1, 0.15) is 86.8 Å². The third kappa shape index (κ3) is 11.3. The molecule has 2 saturated heterocycles. The molecule has 0 amide bonds. The van der Waals surface area contributed by atoms with Crippen molar-refractivity contribution in [1.29, 1.82) is 0 Å². The van der Waals surface area contributed by atoms with Crippen LogP contribution in [0.5, 0.6) is 11.5 Å². The van der Waals surface area contributed by atoms with Gasteiger partial charge in [-0.1, -0.05) is 74.2 Å². The summed E-state index contributed by atoms with van der Waals surface area (Å²) in [7, 11) is 0. The van der Waals surface area contributed by atoms with Gasteiger partial charge in [-0.2, -0.15) is 0 Å². The zero-order valence-corrected chi connectivity index (χ0v) is 27.8. The number of likely N-dealkylation sites (tertiary alicyclic amines) is 2. The molecule has 2 aromatic carbocycles. The molecule has 2 aliphatic rings. The van der Waals surface area contributed by atoms with E-state index in [0.29, 0.717) is 12.1 Å². The summed E-state index contributed by atoms with van der Waals surface area (Å²) in [4.78, 5) is 5.05. The molecule has 0 N–H and O–H groups in total. The molecule has 0 bridgehead atoms. The first-order valence-corrected chi connectivity index (χ1v) is 14.1. The van der Waals surface area contributed by atoms with Crippen LogP contribution in [-0.4, -0.2) is 47.2 Å². The summed E-state index contributed by atoms with van der Waals surface area (Å²) in [5.74, 6) is 0.390. The number of hydrogen-bond acceptors (Lipinski definition) is 6. The van der Waals surface area contributed by atoms with Gasteiger partial charge in [-0.3, -0.25) is 9.80 Å². The molecule has 2 atom stereocenters. The Bertz CT molecular complexity index is 941. The van der Waals surface area contributed by atoms with E-state index in [-0.39, 0.29) is 37.7 Å². The number of nitrogens with zero attached hydrogens (tertiary/aromatic N) is 2. The fourth-order valence-electron chi connectivity index (χ4n) is 5.73. The number of benzene rings is 2. The molecule has 2 fully saturated rings. The van der Waals surface area contributed by atoms with Crippen LogP contribution in [-0.2, 0) is 39.3 Å². The Morgan fingerprint density at radius 3 is 1.28 bits per heavy atom. The third-order valence-corrected chi connectivity index (χ3v) is 7.01. The van der Waals surface area contributed by atoms with E-state index in [9.17, 15) is 20.4 Å². The maximum absolute atomic E-state index is 12.7. The molecule has 0 radical (unpaired) electrons. The molecular formula is C32H48N2O4Zr. The molecule has 2 aromatic rings. The largest absolute Gasteiger partial charge is 4.00 e. The smallest absolute Gasteiger partial charge is 0.872 e. The van der Waals surface area contributed by atoms with Gasteiger partial charge < -0.3 is 20.4 Å². The monoisotopic (exact) mass is 614 g/mol. The van der Waals surface area contributed by atoms with Crippen LogP contribution < -0.4 is 20.4 Å². The third-order valence-electron chi connectivity index (χ3n) is 7.01. The zero-order valence-electron chi connectivity index (χ0n) is 25.3. The van der Waals surface area contributed by atoms with E-state index in [0.717, 1.165) is 59.6 Å². The molecule has 6 nitrogen and oxygen atoms in total. The maximum atomic E-state index is 12.7. The molecule has 214 valence electrons. The predicted octanol–water partition coefficient (Wildman–Crippen LogP) is 3.20. The summed E-state index contributed by atoms with van der Waals surface area (Å²) in [5, 5.41) is 44.4. The van der Waals surface area contributed by atoms with Crippen molar-refractivity contribution in [2.75, 3.05) is 13.1 Å². The van der Waals surface area contributed by atoms with Crippen LogP contribution >= 0.6 is 0 Å². The molecule has 4 rings (SSSR count). The van der Waals surface area contributed by atoms with Crippen LogP contribution in [0.15, 0.2) is 24.3 Å². The van der Waals surface area contributed by atoms with Crippen LogP contribution in [0.4, 0.5) is 0 Å². The van der Waals surface area contributed by atoms with Gasteiger partial charge >= 0.3 is 26.2 Å². The Balaban J connectivity index is 0.000000748. The Hall–Kier alpha value is -1.24. The van der Waals surface area contributed by atoms with Gasteiger partial charge in [-0.05, 0) is 77.6 Å². The van der Waals surface area contributed by atoms with E-state index < -0.39 is 12.2 Å². The molecule has 0 aliphatic carbocycles. The molecule has 2 heterocycles. The van der Waals surface area contributed by atoms with Crippen LogP contribution in [0.2, 0.25) is 0 Å². The summed E-state index contributed by atoms with van der Waals surface area (Å²) in [6.45, 7) is 18.0. The van der Waals surface area contributed by atoms with E-state index in [1.807, 2.05) is 26.0 Å². The molecule has 7 heteroatoms. The second kappa shape index (κ2) is 16.9. The summed E-state index contributed by atoms with van der Waals surface area (Å²) in [5.41, 5.74) is 5.89. The second-order valence-electron chi connectivity index (χ2n) is 11.6. The first kappa shape index (κ1) is 35.8. The topological polar surface area (TPSA) is 98.7 Å².